The van der Waals surface area contributed by atoms with Gasteiger partial charge in [-0.05, 0) is 25.5 Å². The van der Waals surface area contributed by atoms with Gasteiger partial charge in [0.25, 0.3) is 5.89 Å². The first-order valence-corrected chi connectivity index (χ1v) is 5.98. The van der Waals surface area contributed by atoms with Crippen molar-refractivity contribution >= 4 is 5.69 Å². The van der Waals surface area contributed by atoms with Gasteiger partial charge < -0.3 is 15.0 Å². The van der Waals surface area contributed by atoms with E-state index in [1.165, 1.54) is 0 Å². The number of nitrogens with two attached hydrogens (primary N) is 1. The van der Waals surface area contributed by atoms with Gasteiger partial charge in [0.2, 0.25) is 0 Å². The standard InChI is InChI=1S/C13H17N3O2/c1-3-17-8-7-11-15-13(18-16-11)12-9(2)5-4-6-10(12)14/h4-6H,3,7-8,14H2,1-2H3. The van der Waals surface area contributed by atoms with E-state index in [-0.39, 0.29) is 0 Å². The third-order valence-corrected chi connectivity index (χ3v) is 2.66. The lowest BCUT2D eigenvalue weighted by Gasteiger charge is -2.03. The van der Waals surface area contributed by atoms with E-state index in [2.05, 4.69) is 10.1 Å². The zero-order valence-corrected chi connectivity index (χ0v) is 10.6. The van der Waals surface area contributed by atoms with Crippen molar-refractivity contribution in [1.82, 2.24) is 10.1 Å². The maximum absolute atomic E-state index is 5.93. The highest BCUT2D eigenvalue weighted by Crippen LogP contribution is 2.27. The molecule has 2 rings (SSSR count). The van der Waals surface area contributed by atoms with Gasteiger partial charge in [0.1, 0.15) is 0 Å². The van der Waals surface area contributed by atoms with Gasteiger partial charge in [-0.15, -0.1) is 0 Å². The summed E-state index contributed by atoms with van der Waals surface area (Å²) in [5.74, 6) is 1.11. The molecule has 2 N–H and O–H groups in total. The van der Waals surface area contributed by atoms with Crippen LogP contribution < -0.4 is 5.73 Å². The number of hydrogen-bond donors (Lipinski definition) is 1. The molecule has 18 heavy (non-hydrogen) atoms. The summed E-state index contributed by atoms with van der Waals surface area (Å²) < 4.78 is 10.5. The molecule has 5 nitrogen and oxygen atoms in total. The van der Waals surface area contributed by atoms with Crippen LogP contribution in [0.2, 0.25) is 0 Å². The molecular formula is C13H17N3O2. The molecule has 5 heteroatoms. The number of nitrogen functional groups attached to an aromatic ring is 1. The molecule has 2 aromatic rings. The Morgan fingerprint density at radius 2 is 2.22 bits per heavy atom. The highest BCUT2D eigenvalue weighted by molar-refractivity contribution is 5.73. The van der Waals surface area contributed by atoms with Gasteiger partial charge in [-0.2, -0.15) is 4.98 Å². The molecule has 0 aliphatic rings. The minimum atomic E-state index is 0.470. The Morgan fingerprint density at radius 1 is 1.39 bits per heavy atom. The number of aromatic nitrogens is 2. The van der Waals surface area contributed by atoms with Crippen molar-refractivity contribution in [3.05, 3.63) is 29.6 Å². The van der Waals surface area contributed by atoms with E-state index in [1.807, 2.05) is 32.0 Å². The predicted octanol–water partition coefficient (Wildman–Crippen LogP) is 2.21. The minimum Gasteiger partial charge on any atom is -0.398 e. The fourth-order valence-corrected chi connectivity index (χ4v) is 1.75. The second-order valence-corrected chi connectivity index (χ2v) is 4.00. The topological polar surface area (TPSA) is 74.2 Å². The highest BCUT2D eigenvalue weighted by Gasteiger charge is 2.13. The first-order valence-electron chi connectivity index (χ1n) is 5.98. The van der Waals surface area contributed by atoms with Gasteiger partial charge in [-0.3, -0.25) is 0 Å². The molecule has 1 heterocycles. The number of aryl methyl sites for hydroxylation is 1. The normalized spacial score (nSPS) is 10.8. The number of nitrogens with zero attached hydrogens (tertiary/aromatic N) is 2. The van der Waals surface area contributed by atoms with Crippen LogP contribution in [0.1, 0.15) is 18.3 Å². The Bertz CT molecular complexity index is 502. The van der Waals surface area contributed by atoms with E-state index in [0.717, 1.165) is 11.1 Å². The number of anilines is 1. The summed E-state index contributed by atoms with van der Waals surface area (Å²) in [7, 11) is 0. The molecule has 0 saturated carbocycles. The maximum Gasteiger partial charge on any atom is 0.260 e. The number of hydrogen-bond acceptors (Lipinski definition) is 5. The zero-order chi connectivity index (χ0) is 13.0. The molecule has 0 radical (unpaired) electrons. The molecule has 0 unspecified atom stereocenters. The predicted molar refractivity (Wildman–Crippen MR) is 69.1 cm³/mol. The van der Waals surface area contributed by atoms with Crippen molar-refractivity contribution in [3.8, 4) is 11.5 Å². The Balaban J connectivity index is 2.19. The third kappa shape index (κ3) is 2.68. The minimum absolute atomic E-state index is 0.470. The summed E-state index contributed by atoms with van der Waals surface area (Å²) in [5.41, 5.74) is 8.42. The fourth-order valence-electron chi connectivity index (χ4n) is 1.75. The second-order valence-electron chi connectivity index (χ2n) is 4.00. The maximum atomic E-state index is 5.93. The van der Waals surface area contributed by atoms with Crippen LogP contribution in [-0.4, -0.2) is 23.4 Å². The molecule has 1 aromatic heterocycles. The second kappa shape index (κ2) is 5.64. The van der Waals surface area contributed by atoms with Crippen molar-refractivity contribution < 1.29 is 9.26 Å². The summed E-state index contributed by atoms with van der Waals surface area (Å²) in [5, 5.41) is 3.92. The fraction of sp³-hybridized carbons (Fsp3) is 0.385. The number of rotatable bonds is 5. The average Bonchev–Trinajstić information content (AvgIpc) is 2.78. The summed E-state index contributed by atoms with van der Waals surface area (Å²) in [4.78, 5) is 4.34. The van der Waals surface area contributed by atoms with E-state index >= 15 is 0 Å². The summed E-state index contributed by atoms with van der Waals surface area (Å²) in [6, 6.07) is 5.70. The smallest absolute Gasteiger partial charge is 0.260 e. The molecule has 0 bridgehead atoms. The number of benzene rings is 1. The van der Waals surface area contributed by atoms with E-state index in [4.69, 9.17) is 15.0 Å². The Hall–Kier alpha value is -1.88. The zero-order valence-electron chi connectivity index (χ0n) is 10.6. The van der Waals surface area contributed by atoms with Gasteiger partial charge in [0.15, 0.2) is 5.82 Å². The van der Waals surface area contributed by atoms with Crippen LogP contribution in [0.15, 0.2) is 22.7 Å². The summed E-state index contributed by atoms with van der Waals surface area (Å²) >= 11 is 0. The van der Waals surface area contributed by atoms with Gasteiger partial charge in [0, 0.05) is 18.7 Å². The monoisotopic (exact) mass is 247 g/mol. The van der Waals surface area contributed by atoms with Gasteiger partial charge in [-0.1, -0.05) is 17.3 Å². The van der Waals surface area contributed by atoms with Crippen molar-refractivity contribution in [2.24, 2.45) is 0 Å². The Morgan fingerprint density at radius 3 is 2.94 bits per heavy atom. The third-order valence-electron chi connectivity index (χ3n) is 2.66. The van der Waals surface area contributed by atoms with Crippen molar-refractivity contribution in [2.45, 2.75) is 20.3 Å². The van der Waals surface area contributed by atoms with Crippen LogP contribution in [0, 0.1) is 6.92 Å². The lowest BCUT2D eigenvalue weighted by molar-refractivity contribution is 0.149. The van der Waals surface area contributed by atoms with E-state index in [0.29, 0.717) is 37.0 Å². The van der Waals surface area contributed by atoms with Gasteiger partial charge >= 0.3 is 0 Å². The van der Waals surface area contributed by atoms with Crippen LogP contribution in [0.4, 0.5) is 5.69 Å². The highest BCUT2D eigenvalue weighted by atomic mass is 16.5. The largest absolute Gasteiger partial charge is 0.398 e. The lowest BCUT2D eigenvalue weighted by atomic mass is 10.1. The molecule has 0 saturated heterocycles. The van der Waals surface area contributed by atoms with Crippen molar-refractivity contribution in [3.63, 3.8) is 0 Å². The molecule has 96 valence electrons. The molecule has 0 aliphatic heterocycles. The van der Waals surface area contributed by atoms with Crippen LogP contribution in [0.25, 0.3) is 11.5 Å². The first kappa shape index (κ1) is 12.6. The molecule has 0 amide bonds. The Kier molecular flexibility index (Phi) is 3.94. The quantitative estimate of drug-likeness (QED) is 0.647. The van der Waals surface area contributed by atoms with Crippen LogP contribution in [0.3, 0.4) is 0 Å². The molecule has 0 fully saturated rings. The number of ether oxygens (including phenoxy) is 1. The Labute approximate surface area is 106 Å². The molecule has 0 atom stereocenters. The van der Waals surface area contributed by atoms with E-state index < -0.39 is 0 Å². The molecule has 0 spiro atoms. The van der Waals surface area contributed by atoms with Crippen LogP contribution in [-0.2, 0) is 11.2 Å². The molecular weight excluding hydrogens is 230 g/mol. The lowest BCUT2D eigenvalue weighted by Crippen LogP contribution is -1.99. The summed E-state index contributed by atoms with van der Waals surface area (Å²) in [6.45, 7) is 5.21. The first-order chi connectivity index (χ1) is 8.72. The van der Waals surface area contributed by atoms with Gasteiger partial charge in [0.05, 0.1) is 12.2 Å². The van der Waals surface area contributed by atoms with Crippen LogP contribution >= 0.6 is 0 Å². The van der Waals surface area contributed by atoms with Crippen molar-refractivity contribution in [1.29, 1.82) is 0 Å². The summed E-state index contributed by atoms with van der Waals surface area (Å²) in [6.07, 6.45) is 0.642. The molecule has 1 aromatic carbocycles. The van der Waals surface area contributed by atoms with E-state index in [9.17, 15) is 0 Å². The molecule has 0 aliphatic carbocycles. The van der Waals surface area contributed by atoms with Crippen molar-refractivity contribution in [2.75, 3.05) is 18.9 Å². The van der Waals surface area contributed by atoms with Gasteiger partial charge in [-0.25, -0.2) is 0 Å². The van der Waals surface area contributed by atoms with E-state index in [1.54, 1.807) is 0 Å². The van der Waals surface area contributed by atoms with Crippen LogP contribution in [0.5, 0.6) is 0 Å². The average molecular weight is 247 g/mol. The SMILES string of the molecule is CCOCCc1noc(-c2c(C)cccc2N)n1.